The molecule has 1 heterocycles. The molecule has 1 aliphatic carbocycles. The number of ketones is 1. The Hall–Kier alpha value is -1.39. The van der Waals surface area contributed by atoms with Crippen LogP contribution in [-0.2, 0) is 9.59 Å². The number of hydrogen-bond acceptors (Lipinski definition) is 3. The van der Waals surface area contributed by atoms with E-state index in [0.717, 1.165) is 12.8 Å². The fourth-order valence-corrected chi connectivity index (χ4v) is 2.85. The molecule has 0 bridgehead atoms. The maximum atomic E-state index is 11.9. The fraction of sp³-hybridized carbons (Fsp3) is 0.786. The maximum absolute atomic E-state index is 11.9. The second-order valence-electron chi connectivity index (χ2n) is 6.85. The van der Waals surface area contributed by atoms with Gasteiger partial charge in [-0.25, -0.2) is 4.79 Å². The molecule has 0 atom stereocenters. The highest BCUT2D eigenvalue weighted by atomic mass is 16.2. The number of carbonyl (C=O) groups is 3. The predicted octanol–water partition coefficient (Wildman–Crippen LogP) is 1.71. The van der Waals surface area contributed by atoms with E-state index in [1.807, 2.05) is 13.8 Å². The summed E-state index contributed by atoms with van der Waals surface area (Å²) in [6, 6.07) is -0.303. The van der Waals surface area contributed by atoms with Crippen LogP contribution in [0.5, 0.6) is 0 Å². The Morgan fingerprint density at radius 2 is 1.68 bits per heavy atom. The summed E-state index contributed by atoms with van der Waals surface area (Å²) >= 11 is 0. The van der Waals surface area contributed by atoms with Gasteiger partial charge in [0.2, 0.25) is 5.91 Å². The number of urea groups is 1. The Morgan fingerprint density at radius 3 is 2.26 bits per heavy atom. The van der Waals surface area contributed by atoms with Gasteiger partial charge in [-0.15, -0.1) is 0 Å². The Kier molecular flexibility index (Phi) is 3.41. The van der Waals surface area contributed by atoms with Crippen molar-refractivity contribution in [1.82, 2.24) is 10.2 Å². The maximum Gasteiger partial charge on any atom is 0.324 e. The Bertz CT molecular complexity index is 418. The van der Waals surface area contributed by atoms with Gasteiger partial charge in [-0.2, -0.15) is 0 Å². The third-order valence-corrected chi connectivity index (χ3v) is 4.30. The standard InChI is InChI=1S/C14H22N2O3/c1-13(2)8-16(12(19)15-11(13)18)9-14(3)6-4-10(17)5-7-14/h4-9H2,1-3H3,(H,15,18,19). The fourth-order valence-electron chi connectivity index (χ4n) is 2.85. The first-order valence-electron chi connectivity index (χ1n) is 6.84. The molecule has 0 spiro atoms. The topological polar surface area (TPSA) is 66.5 Å². The highest BCUT2D eigenvalue weighted by Crippen LogP contribution is 2.36. The van der Waals surface area contributed by atoms with Gasteiger partial charge < -0.3 is 4.90 Å². The average Bonchev–Trinajstić information content (AvgIpc) is 2.30. The van der Waals surface area contributed by atoms with Gasteiger partial charge in [0.05, 0.1) is 5.41 Å². The summed E-state index contributed by atoms with van der Waals surface area (Å²) in [7, 11) is 0. The second-order valence-corrected chi connectivity index (χ2v) is 6.85. The molecule has 19 heavy (non-hydrogen) atoms. The first-order chi connectivity index (χ1) is 8.72. The highest BCUT2D eigenvalue weighted by Gasteiger charge is 2.41. The first-order valence-corrected chi connectivity index (χ1v) is 6.84. The largest absolute Gasteiger partial charge is 0.324 e. The van der Waals surface area contributed by atoms with Gasteiger partial charge >= 0.3 is 6.03 Å². The molecule has 2 rings (SSSR count). The van der Waals surface area contributed by atoms with Gasteiger partial charge in [0, 0.05) is 25.9 Å². The number of hydrogen-bond donors (Lipinski definition) is 1. The molecule has 5 heteroatoms. The molecule has 2 aliphatic rings. The molecule has 3 amide bonds. The van der Waals surface area contributed by atoms with Crippen LogP contribution in [0.4, 0.5) is 4.79 Å². The summed E-state index contributed by atoms with van der Waals surface area (Å²) < 4.78 is 0. The average molecular weight is 266 g/mol. The molecular weight excluding hydrogens is 244 g/mol. The minimum atomic E-state index is -0.547. The summed E-state index contributed by atoms with van der Waals surface area (Å²) in [4.78, 5) is 36.6. The van der Waals surface area contributed by atoms with Crippen molar-refractivity contribution < 1.29 is 14.4 Å². The Labute approximate surface area is 113 Å². The van der Waals surface area contributed by atoms with Crippen LogP contribution in [-0.4, -0.2) is 35.7 Å². The molecule has 106 valence electrons. The SMILES string of the molecule is CC1(CN2CC(C)(C)C(=O)NC2=O)CCC(=O)CC1. The predicted molar refractivity (Wildman–Crippen MR) is 70.5 cm³/mol. The quantitative estimate of drug-likeness (QED) is 0.827. The van der Waals surface area contributed by atoms with Crippen molar-refractivity contribution in [2.75, 3.05) is 13.1 Å². The zero-order valence-corrected chi connectivity index (χ0v) is 11.9. The molecule has 5 nitrogen and oxygen atoms in total. The Morgan fingerprint density at radius 1 is 1.11 bits per heavy atom. The van der Waals surface area contributed by atoms with E-state index < -0.39 is 5.41 Å². The summed E-state index contributed by atoms with van der Waals surface area (Å²) in [5, 5.41) is 2.42. The van der Waals surface area contributed by atoms with Crippen molar-refractivity contribution >= 4 is 17.7 Å². The van der Waals surface area contributed by atoms with Crippen molar-refractivity contribution in [3.63, 3.8) is 0 Å². The lowest BCUT2D eigenvalue weighted by atomic mass is 9.74. The van der Waals surface area contributed by atoms with E-state index in [4.69, 9.17) is 0 Å². The molecule has 2 fully saturated rings. The number of nitrogens with one attached hydrogen (secondary N) is 1. The molecule has 1 aliphatic heterocycles. The van der Waals surface area contributed by atoms with Gasteiger partial charge in [-0.1, -0.05) is 6.92 Å². The molecule has 0 radical (unpaired) electrons. The minimum Gasteiger partial charge on any atom is -0.323 e. The van der Waals surface area contributed by atoms with Crippen LogP contribution in [0.2, 0.25) is 0 Å². The first kappa shape index (κ1) is 14.0. The molecule has 1 N–H and O–H groups in total. The number of amides is 3. The van der Waals surface area contributed by atoms with E-state index in [1.54, 1.807) is 4.90 Å². The van der Waals surface area contributed by atoms with Crippen molar-refractivity contribution in [2.45, 2.75) is 46.5 Å². The van der Waals surface area contributed by atoms with Crippen LogP contribution < -0.4 is 5.32 Å². The molecule has 0 unspecified atom stereocenters. The summed E-state index contributed by atoms with van der Waals surface area (Å²) in [6.45, 7) is 6.86. The van der Waals surface area contributed by atoms with E-state index >= 15 is 0 Å². The third kappa shape index (κ3) is 2.96. The smallest absolute Gasteiger partial charge is 0.323 e. The van der Waals surface area contributed by atoms with Crippen molar-refractivity contribution in [3.05, 3.63) is 0 Å². The molecule has 0 aromatic heterocycles. The van der Waals surface area contributed by atoms with Gasteiger partial charge in [-0.3, -0.25) is 14.9 Å². The zero-order valence-electron chi connectivity index (χ0n) is 11.9. The zero-order chi connectivity index (χ0) is 14.3. The lowest BCUT2D eigenvalue weighted by Gasteiger charge is -2.42. The normalized spacial score (nSPS) is 26.3. The molecule has 0 aromatic carbocycles. The summed E-state index contributed by atoms with van der Waals surface area (Å²) in [6.07, 6.45) is 2.86. The number of imide groups is 1. The highest BCUT2D eigenvalue weighted by molar-refractivity contribution is 5.99. The van der Waals surface area contributed by atoms with Gasteiger partial charge in [-0.05, 0) is 32.1 Å². The lowest BCUT2D eigenvalue weighted by Crippen LogP contribution is -2.60. The van der Waals surface area contributed by atoms with Crippen LogP contribution in [0.25, 0.3) is 0 Å². The van der Waals surface area contributed by atoms with Crippen molar-refractivity contribution in [3.8, 4) is 0 Å². The van der Waals surface area contributed by atoms with Crippen LogP contribution in [0.15, 0.2) is 0 Å². The number of carbonyl (C=O) groups excluding carboxylic acids is 3. The van der Waals surface area contributed by atoms with Gasteiger partial charge in [0.15, 0.2) is 0 Å². The van der Waals surface area contributed by atoms with Crippen molar-refractivity contribution in [1.29, 1.82) is 0 Å². The van der Waals surface area contributed by atoms with Crippen LogP contribution in [0, 0.1) is 10.8 Å². The molecular formula is C14H22N2O3. The van der Waals surface area contributed by atoms with E-state index in [9.17, 15) is 14.4 Å². The van der Waals surface area contributed by atoms with E-state index in [0.29, 0.717) is 31.7 Å². The Balaban J connectivity index is 2.04. The molecule has 1 saturated carbocycles. The van der Waals surface area contributed by atoms with Crippen molar-refractivity contribution in [2.24, 2.45) is 10.8 Å². The molecule has 1 saturated heterocycles. The molecule has 0 aromatic rings. The third-order valence-electron chi connectivity index (χ3n) is 4.30. The van der Waals surface area contributed by atoms with Gasteiger partial charge in [0.25, 0.3) is 0 Å². The van der Waals surface area contributed by atoms with Crippen LogP contribution in [0.3, 0.4) is 0 Å². The summed E-state index contributed by atoms with van der Waals surface area (Å²) in [5.41, 5.74) is -0.559. The van der Waals surface area contributed by atoms with E-state index in [-0.39, 0.29) is 17.4 Å². The van der Waals surface area contributed by atoms with Gasteiger partial charge in [0.1, 0.15) is 5.78 Å². The monoisotopic (exact) mass is 266 g/mol. The minimum absolute atomic E-state index is 0.0122. The van der Waals surface area contributed by atoms with E-state index in [2.05, 4.69) is 12.2 Å². The number of nitrogens with zero attached hydrogens (tertiary/aromatic N) is 1. The number of Topliss-reactive ketones (excluding diaryl/α,β-unsaturated/α-hetero) is 1. The summed E-state index contributed by atoms with van der Waals surface area (Å²) in [5.74, 6) is 0.105. The number of rotatable bonds is 2. The second kappa shape index (κ2) is 4.62. The lowest BCUT2D eigenvalue weighted by molar-refractivity contribution is -0.131. The van der Waals surface area contributed by atoms with Crippen LogP contribution in [0.1, 0.15) is 46.5 Å². The van der Waals surface area contributed by atoms with Crippen LogP contribution >= 0.6 is 0 Å². The van der Waals surface area contributed by atoms with E-state index in [1.165, 1.54) is 0 Å².